The van der Waals surface area contributed by atoms with Crippen LogP contribution in [0.3, 0.4) is 0 Å². The van der Waals surface area contributed by atoms with Gasteiger partial charge >= 0.3 is 12.1 Å². The number of aromatic hydroxyl groups is 1. The lowest BCUT2D eigenvalue weighted by molar-refractivity contribution is -0.153. The van der Waals surface area contributed by atoms with Crippen LogP contribution in [0.15, 0.2) is 18.2 Å². The van der Waals surface area contributed by atoms with Crippen molar-refractivity contribution in [2.75, 3.05) is 13.7 Å². The number of phenolic OH excluding ortho intramolecular Hbond substituents is 1. The Labute approximate surface area is 94.6 Å². The molecule has 0 saturated heterocycles. The summed E-state index contributed by atoms with van der Waals surface area (Å²) in [5, 5.41) is 9.36. The molecule has 0 aliphatic carbocycles. The minimum Gasteiger partial charge on any atom is -0.507 e. The summed E-state index contributed by atoms with van der Waals surface area (Å²) >= 11 is 0. The summed E-state index contributed by atoms with van der Waals surface area (Å²) in [4.78, 5) is 11.1. The van der Waals surface area contributed by atoms with Gasteiger partial charge in [-0.3, -0.25) is 0 Å². The second-order valence-corrected chi connectivity index (χ2v) is 3.07. The van der Waals surface area contributed by atoms with Crippen LogP contribution in [0, 0.1) is 0 Å². The van der Waals surface area contributed by atoms with Crippen LogP contribution < -0.4 is 4.74 Å². The summed E-state index contributed by atoms with van der Waals surface area (Å²) < 4.78 is 44.3. The number of carbonyl (C=O) groups excluding carboxylic acids is 1. The van der Waals surface area contributed by atoms with E-state index in [1.807, 2.05) is 0 Å². The largest absolute Gasteiger partial charge is 0.507 e. The van der Waals surface area contributed by atoms with E-state index in [-0.39, 0.29) is 11.3 Å². The Bertz CT molecular complexity index is 415. The van der Waals surface area contributed by atoms with Crippen molar-refractivity contribution >= 4 is 5.97 Å². The molecule has 4 nitrogen and oxygen atoms in total. The van der Waals surface area contributed by atoms with Gasteiger partial charge in [0, 0.05) is 6.07 Å². The van der Waals surface area contributed by atoms with Crippen LogP contribution >= 0.6 is 0 Å². The number of carbonyl (C=O) groups is 1. The number of phenols is 1. The molecule has 0 spiro atoms. The van der Waals surface area contributed by atoms with E-state index in [0.717, 1.165) is 25.3 Å². The molecular weight excluding hydrogens is 241 g/mol. The zero-order chi connectivity index (χ0) is 13.1. The van der Waals surface area contributed by atoms with Gasteiger partial charge in [0.05, 0.1) is 7.11 Å². The second kappa shape index (κ2) is 4.94. The van der Waals surface area contributed by atoms with Crippen LogP contribution in [0.1, 0.15) is 10.4 Å². The predicted molar refractivity (Wildman–Crippen MR) is 51.0 cm³/mol. The Kier molecular flexibility index (Phi) is 3.82. The normalized spacial score (nSPS) is 11.1. The molecule has 0 atom stereocenters. The first-order valence-corrected chi connectivity index (χ1v) is 4.44. The van der Waals surface area contributed by atoms with Gasteiger partial charge in [-0.05, 0) is 12.1 Å². The number of alkyl halides is 3. The number of benzene rings is 1. The zero-order valence-corrected chi connectivity index (χ0v) is 8.75. The maximum Gasteiger partial charge on any atom is 0.422 e. The van der Waals surface area contributed by atoms with Gasteiger partial charge in [-0.2, -0.15) is 13.2 Å². The van der Waals surface area contributed by atoms with Gasteiger partial charge in [0.1, 0.15) is 17.1 Å². The molecule has 0 saturated carbocycles. The summed E-state index contributed by atoms with van der Waals surface area (Å²) in [6.45, 7) is -1.47. The second-order valence-electron chi connectivity index (χ2n) is 3.07. The van der Waals surface area contributed by atoms with Crippen molar-refractivity contribution in [3.63, 3.8) is 0 Å². The highest BCUT2D eigenvalue weighted by Gasteiger charge is 2.28. The number of hydrogen-bond acceptors (Lipinski definition) is 4. The van der Waals surface area contributed by atoms with Crippen LogP contribution in [0.4, 0.5) is 13.2 Å². The van der Waals surface area contributed by atoms with Gasteiger partial charge < -0.3 is 14.6 Å². The predicted octanol–water partition coefficient (Wildman–Crippen LogP) is 2.12. The fourth-order valence-corrected chi connectivity index (χ4v) is 1.05. The van der Waals surface area contributed by atoms with Crippen molar-refractivity contribution in [2.24, 2.45) is 0 Å². The van der Waals surface area contributed by atoms with Gasteiger partial charge in [0.25, 0.3) is 0 Å². The van der Waals surface area contributed by atoms with E-state index in [2.05, 4.69) is 9.47 Å². The smallest absolute Gasteiger partial charge is 0.422 e. The molecule has 1 aromatic carbocycles. The van der Waals surface area contributed by atoms with E-state index in [4.69, 9.17) is 0 Å². The van der Waals surface area contributed by atoms with Gasteiger partial charge in [-0.25, -0.2) is 4.79 Å². The SMILES string of the molecule is COC(=O)c1ccc(OCC(F)(F)F)cc1O. The quantitative estimate of drug-likeness (QED) is 0.835. The minimum atomic E-state index is -4.46. The Morgan fingerprint density at radius 2 is 2.06 bits per heavy atom. The van der Waals surface area contributed by atoms with Crippen molar-refractivity contribution in [3.8, 4) is 11.5 Å². The lowest BCUT2D eigenvalue weighted by Crippen LogP contribution is -2.19. The molecule has 0 radical (unpaired) electrons. The molecule has 0 heterocycles. The topological polar surface area (TPSA) is 55.8 Å². The van der Waals surface area contributed by atoms with Crippen molar-refractivity contribution in [1.29, 1.82) is 0 Å². The number of esters is 1. The van der Waals surface area contributed by atoms with Crippen LogP contribution in [0.25, 0.3) is 0 Å². The van der Waals surface area contributed by atoms with E-state index < -0.39 is 24.5 Å². The summed E-state index contributed by atoms with van der Waals surface area (Å²) in [6.07, 6.45) is -4.46. The first-order valence-electron chi connectivity index (χ1n) is 4.44. The molecule has 0 aromatic heterocycles. The Hall–Kier alpha value is -1.92. The van der Waals surface area contributed by atoms with Crippen molar-refractivity contribution < 1.29 is 32.5 Å². The molecule has 0 fully saturated rings. The lowest BCUT2D eigenvalue weighted by Gasteiger charge is -2.10. The number of rotatable bonds is 3. The summed E-state index contributed by atoms with van der Waals surface area (Å²) in [6, 6.07) is 3.17. The van der Waals surface area contributed by atoms with E-state index >= 15 is 0 Å². The molecule has 1 aromatic rings. The molecule has 7 heteroatoms. The third-order valence-electron chi connectivity index (χ3n) is 1.78. The number of methoxy groups -OCH3 is 1. The van der Waals surface area contributed by atoms with E-state index in [9.17, 15) is 23.1 Å². The van der Waals surface area contributed by atoms with Gasteiger partial charge in [0.15, 0.2) is 6.61 Å². The maximum atomic E-state index is 11.8. The summed E-state index contributed by atoms with van der Waals surface area (Å²) in [5.41, 5.74) is -0.146. The van der Waals surface area contributed by atoms with Gasteiger partial charge in [0.2, 0.25) is 0 Å². The Balaban J connectivity index is 2.79. The van der Waals surface area contributed by atoms with Crippen molar-refractivity contribution in [3.05, 3.63) is 23.8 Å². The maximum absolute atomic E-state index is 11.8. The average Bonchev–Trinajstić information content (AvgIpc) is 2.24. The number of hydrogen-bond donors (Lipinski definition) is 1. The van der Waals surface area contributed by atoms with E-state index in [1.54, 1.807) is 0 Å². The molecule has 0 aliphatic rings. The molecule has 0 unspecified atom stereocenters. The molecular formula is C10H9F3O4. The molecule has 0 amide bonds. The molecule has 1 N–H and O–H groups in total. The summed E-state index contributed by atoms with van der Waals surface area (Å²) in [7, 11) is 1.12. The highest BCUT2D eigenvalue weighted by Crippen LogP contribution is 2.25. The van der Waals surface area contributed by atoms with Gasteiger partial charge in [-0.1, -0.05) is 0 Å². The number of ether oxygens (including phenoxy) is 2. The summed E-state index contributed by atoms with van der Waals surface area (Å²) in [5.74, 6) is -1.48. The van der Waals surface area contributed by atoms with Crippen LogP contribution in [-0.4, -0.2) is 31.0 Å². The van der Waals surface area contributed by atoms with Crippen LogP contribution in [0.2, 0.25) is 0 Å². The fourth-order valence-electron chi connectivity index (χ4n) is 1.05. The monoisotopic (exact) mass is 250 g/mol. The fraction of sp³-hybridized carbons (Fsp3) is 0.300. The highest BCUT2D eigenvalue weighted by atomic mass is 19.4. The Morgan fingerprint density at radius 1 is 1.41 bits per heavy atom. The molecule has 1 rings (SSSR count). The third-order valence-corrected chi connectivity index (χ3v) is 1.78. The molecule has 0 aliphatic heterocycles. The van der Waals surface area contributed by atoms with E-state index in [1.165, 1.54) is 0 Å². The molecule has 17 heavy (non-hydrogen) atoms. The Morgan fingerprint density at radius 3 is 2.53 bits per heavy atom. The number of halogens is 3. The lowest BCUT2D eigenvalue weighted by atomic mass is 10.2. The minimum absolute atomic E-state index is 0.146. The highest BCUT2D eigenvalue weighted by molar-refractivity contribution is 5.92. The first-order chi connectivity index (χ1) is 7.83. The third kappa shape index (κ3) is 3.86. The van der Waals surface area contributed by atoms with Gasteiger partial charge in [-0.15, -0.1) is 0 Å². The average molecular weight is 250 g/mol. The van der Waals surface area contributed by atoms with Crippen LogP contribution in [0.5, 0.6) is 11.5 Å². The zero-order valence-electron chi connectivity index (χ0n) is 8.75. The van der Waals surface area contributed by atoms with Crippen molar-refractivity contribution in [1.82, 2.24) is 0 Å². The standard InChI is InChI=1S/C10H9F3O4/c1-16-9(15)7-3-2-6(4-8(7)14)17-5-10(11,12)13/h2-4,14H,5H2,1H3. The molecule has 0 bridgehead atoms. The van der Waals surface area contributed by atoms with E-state index in [0.29, 0.717) is 0 Å². The van der Waals surface area contributed by atoms with Crippen molar-refractivity contribution in [2.45, 2.75) is 6.18 Å². The molecule has 94 valence electrons. The first kappa shape index (κ1) is 13.1. The van der Waals surface area contributed by atoms with Crippen LogP contribution in [-0.2, 0) is 4.74 Å².